The van der Waals surface area contributed by atoms with Crippen LogP contribution in [0.2, 0.25) is 0 Å². The second-order valence-electron chi connectivity index (χ2n) is 21.3. The van der Waals surface area contributed by atoms with Crippen molar-refractivity contribution in [3.05, 3.63) is 60.8 Å². The van der Waals surface area contributed by atoms with Gasteiger partial charge in [0.2, 0.25) is 0 Å². The molecule has 0 radical (unpaired) electrons. The van der Waals surface area contributed by atoms with Crippen LogP contribution in [0.1, 0.15) is 329 Å². The highest BCUT2D eigenvalue weighted by Crippen LogP contribution is 2.17. The summed E-state index contributed by atoms with van der Waals surface area (Å²) in [6.07, 6.45) is 81.1. The van der Waals surface area contributed by atoms with E-state index in [0.717, 1.165) is 64.2 Å². The Balaban J connectivity index is 4.26. The van der Waals surface area contributed by atoms with Gasteiger partial charge < -0.3 is 14.2 Å². The van der Waals surface area contributed by atoms with Gasteiger partial charge in [-0.25, -0.2) is 0 Å². The van der Waals surface area contributed by atoms with Crippen molar-refractivity contribution < 1.29 is 23.8 Å². The molecule has 0 aromatic heterocycles. The summed E-state index contributed by atoms with van der Waals surface area (Å²) in [7, 11) is 0. The molecule has 0 N–H and O–H groups in total. The van der Waals surface area contributed by atoms with Crippen LogP contribution in [0.15, 0.2) is 60.8 Å². The second kappa shape index (κ2) is 62.9. The first-order valence-electron chi connectivity index (χ1n) is 31.8. The molecule has 0 fully saturated rings. The fourth-order valence-electron chi connectivity index (χ4n) is 9.32. The molecule has 0 aliphatic rings. The number of ether oxygens (including phenoxy) is 3. The predicted molar refractivity (Wildman–Crippen MR) is 316 cm³/mol. The van der Waals surface area contributed by atoms with Crippen molar-refractivity contribution in [2.24, 2.45) is 0 Å². The van der Waals surface area contributed by atoms with E-state index in [1.165, 1.54) is 231 Å². The Labute approximate surface area is 449 Å². The molecule has 5 nitrogen and oxygen atoms in total. The Morgan fingerprint density at radius 2 is 0.625 bits per heavy atom. The summed E-state index contributed by atoms with van der Waals surface area (Å²) in [6, 6.07) is 0. The Morgan fingerprint density at radius 1 is 0.319 bits per heavy atom. The van der Waals surface area contributed by atoms with Gasteiger partial charge in [0.15, 0.2) is 6.10 Å². The van der Waals surface area contributed by atoms with Gasteiger partial charge in [-0.2, -0.15) is 0 Å². The van der Waals surface area contributed by atoms with Crippen LogP contribution in [-0.2, 0) is 23.8 Å². The molecule has 0 spiro atoms. The molecule has 0 rings (SSSR count). The van der Waals surface area contributed by atoms with Gasteiger partial charge in [-0.3, -0.25) is 9.59 Å². The van der Waals surface area contributed by atoms with E-state index >= 15 is 0 Å². The largest absolute Gasteiger partial charge is 0.462 e. The SMILES string of the molecule is CC/C=C\C/C=C\C/C=C\CCCCCCCCCCOCC(COC(=O)CCCCCCCCCCC/C=C\C/C=C\CCCCC)OC(=O)CCCCCCCCCCCCCCCCCCCCC. The number of allylic oxidation sites excluding steroid dienone is 10. The normalized spacial score (nSPS) is 12.5. The first kappa shape index (κ1) is 69.6. The lowest BCUT2D eigenvalue weighted by molar-refractivity contribution is -0.163. The fraction of sp³-hybridized carbons (Fsp3) is 0.821. The molecule has 1 atom stereocenters. The van der Waals surface area contributed by atoms with Crippen LogP contribution in [0.3, 0.4) is 0 Å². The van der Waals surface area contributed by atoms with Crippen molar-refractivity contribution in [2.45, 2.75) is 335 Å². The van der Waals surface area contributed by atoms with Crippen molar-refractivity contribution in [1.29, 1.82) is 0 Å². The summed E-state index contributed by atoms with van der Waals surface area (Å²) in [5.74, 6) is -0.388. The average molecular weight is 1010 g/mol. The van der Waals surface area contributed by atoms with E-state index in [1.807, 2.05) is 0 Å². The lowest BCUT2D eigenvalue weighted by Crippen LogP contribution is -2.30. The summed E-state index contributed by atoms with van der Waals surface area (Å²) in [5, 5.41) is 0. The Kier molecular flexibility index (Phi) is 60.8. The van der Waals surface area contributed by atoms with Crippen molar-refractivity contribution in [2.75, 3.05) is 19.8 Å². The smallest absolute Gasteiger partial charge is 0.306 e. The molecule has 72 heavy (non-hydrogen) atoms. The summed E-state index contributed by atoms with van der Waals surface area (Å²) < 4.78 is 17.6. The Bertz CT molecular complexity index is 1230. The molecule has 0 saturated heterocycles. The number of rotatable bonds is 59. The van der Waals surface area contributed by atoms with Crippen LogP contribution in [0.4, 0.5) is 0 Å². The molecule has 0 saturated carbocycles. The molecule has 0 aliphatic carbocycles. The zero-order valence-electron chi connectivity index (χ0n) is 48.5. The van der Waals surface area contributed by atoms with Crippen molar-refractivity contribution in [3.63, 3.8) is 0 Å². The first-order valence-corrected chi connectivity index (χ1v) is 31.8. The van der Waals surface area contributed by atoms with E-state index in [4.69, 9.17) is 14.2 Å². The number of unbranched alkanes of at least 4 members (excludes halogenated alkanes) is 38. The van der Waals surface area contributed by atoms with Gasteiger partial charge in [-0.1, -0.05) is 293 Å². The molecular formula is C67H122O5. The van der Waals surface area contributed by atoms with Gasteiger partial charge in [0.25, 0.3) is 0 Å². The van der Waals surface area contributed by atoms with Gasteiger partial charge >= 0.3 is 11.9 Å². The van der Waals surface area contributed by atoms with E-state index in [2.05, 4.69) is 81.5 Å². The van der Waals surface area contributed by atoms with Gasteiger partial charge in [-0.05, 0) is 83.5 Å². The highest BCUT2D eigenvalue weighted by Gasteiger charge is 2.18. The molecule has 0 aromatic rings. The van der Waals surface area contributed by atoms with Crippen LogP contribution in [0.25, 0.3) is 0 Å². The highest BCUT2D eigenvalue weighted by atomic mass is 16.6. The maximum Gasteiger partial charge on any atom is 0.306 e. The maximum absolute atomic E-state index is 12.9. The van der Waals surface area contributed by atoms with Gasteiger partial charge in [-0.15, -0.1) is 0 Å². The Morgan fingerprint density at radius 3 is 1.03 bits per heavy atom. The number of esters is 2. The monoisotopic (exact) mass is 1010 g/mol. The molecule has 0 amide bonds. The summed E-state index contributed by atoms with van der Waals surface area (Å²) in [6.45, 7) is 7.74. The minimum atomic E-state index is -0.542. The van der Waals surface area contributed by atoms with Crippen LogP contribution in [0.5, 0.6) is 0 Å². The molecule has 5 heteroatoms. The van der Waals surface area contributed by atoms with E-state index in [9.17, 15) is 9.59 Å². The molecule has 0 heterocycles. The minimum Gasteiger partial charge on any atom is -0.462 e. The number of carbonyl (C=O) groups excluding carboxylic acids is 2. The third kappa shape index (κ3) is 60.2. The van der Waals surface area contributed by atoms with Gasteiger partial charge in [0.1, 0.15) is 6.61 Å². The molecule has 0 aromatic carbocycles. The van der Waals surface area contributed by atoms with Crippen molar-refractivity contribution in [3.8, 4) is 0 Å². The fourth-order valence-corrected chi connectivity index (χ4v) is 9.32. The molecule has 0 bridgehead atoms. The van der Waals surface area contributed by atoms with Crippen molar-refractivity contribution >= 4 is 11.9 Å². The topological polar surface area (TPSA) is 61.8 Å². The maximum atomic E-state index is 12.9. The van der Waals surface area contributed by atoms with E-state index < -0.39 is 6.10 Å². The van der Waals surface area contributed by atoms with E-state index in [1.54, 1.807) is 0 Å². The lowest BCUT2D eigenvalue weighted by Gasteiger charge is -2.18. The molecule has 420 valence electrons. The number of hydrogen-bond donors (Lipinski definition) is 0. The molecule has 0 aliphatic heterocycles. The van der Waals surface area contributed by atoms with E-state index in [-0.39, 0.29) is 25.2 Å². The van der Waals surface area contributed by atoms with Crippen LogP contribution in [0, 0.1) is 0 Å². The zero-order chi connectivity index (χ0) is 52.0. The second-order valence-corrected chi connectivity index (χ2v) is 21.3. The molecular weight excluding hydrogens is 885 g/mol. The van der Waals surface area contributed by atoms with Gasteiger partial charge in [0.05, 0.1) is 6.61 Å². The zero-order valence-corrected chi connectivity index (χ0v) is 48.5. The number of carbonyl (C=O) groups is 2. The summed E-state index contributed by atoms with van der Waals surface area (Å²) in [4.78, 5) is 25.6. The summed E-state index contributed by atoms with van der Waals surface area (Å²) in [5.41, 5.74) is 0. The van der Waals surface area contributed by atoms with Gasteiger partial charge in [0, 0.05) is 19.4 Å². The Hall–Kier alpha value is -2.40. The highest BCUT2D eigenvalue weighted by molar-refractivity contribution is 5.70. The van der Waals surface area contributed by atoms with Crippen molar-refractivity contribution in [1.82, 2.24) is 0 Å². The first-order chi connectivity index (χ1) is 35.6. The standard InChI is InChI=1S/C67H122O5/c1-4-7-10-13-16-19-22-25-28-31-34-36-39-42-45-48-51-54-57-60-66(68)71-64-65(63-70-62-59-56-53-50-47-44-41-38-33-30-27-24-21-18-15-12-9-6-3)72-67(69)61-58-55-52-49-46-43-40-37-35-32-29-26-23-20-17-14-11-8-5-2/h9,12,16,18-19,21,25,27-28,30,65H,4-8,10-11,13-15,17,20,22-24,26,29,31-64H2,1-3H3/b12-9-,19-16-,21-18-,28-25-,30-27-. The minimum absolute atomic E-state index is 0.0828. The third-order valence-corrected chi connectivity index (χ3v) is 14.0. The third-order valence-electron chi connectivity index (χ3n) is 14.0. The van der Waals surface area contributed by atoms with E-state index in [0.29, 0.717) is 19.4 Å². The van der Waals surface area contributed by atoms with Crippen LogP contribution in [-0.4, -0.2) is 37.9 Å². The summed E-state index contributed by atoms with van der Waals surface area (Å²) >= 11 is 0. The molecule has 1 unspecified atom stereocenters. The predicted octanol–water partition coefficient (Wildman–Crippen LogP) is 22.0. The van der Waals surface area contributed by atoms with Crippen LogP contribution < -0.4 is 0 Å². The number of hydrogen-bond acceptors (Lipinski definition) is 5. The average Bonchev–Trinajstić information content (AvgIpc) is 3.38. The lowest BCUT2D eigenvalue weighted by atomic mass is 10.0. The van der Waals surface area contributed by atoms with Crippen LogP contribution >= 0.6 is 0 Å². The quantitative estimate of drug-likeness (QED) is 0.0345.